The van der Waals surface area contributed by atoms with Crippen LogP contribution in [0.3, 0.4) is 0 Å². The minimum Gasteiger partial charge on any atom is -0.397 e. The lowest BCUT2D eigenvalue weighted by atomic mass is 10.1. The summed E-state index contributed by atoms with van der Waals surface area (Å²) in [7, 11) is -3.78. The fourth-order valence-electron chi connectivity index (χ4n) is 1.94. The molecule has 0 amide bonds. The standard InChI is InChI=1S/C15H17FN2O2S/c1-2-3-11-4-7-13(8-5-11)21(19,20)18-15-10-12(16)6-9-14(15)17/h4-10,18H,2-3,17H2,1H3. The van der Waals surface area contributed by atoms with E-state index in [1.54, 1.807) is 12.1 Å². The maximum Gasteiger partial charge on any atom is 0.261 e. The number of halogens is 1. The topological polar surface area (TPSA) is 72.2 Å². The van der Waals surface area contributed by atoms with Gasteiger partial charge in [-0.2, -0.15) is 0 Å². The predicted molar refractivity (Wildman–Crippen MR) is 82.1 cm³/mol. The summed E-state index contributed by atoms with van der Waals surface area (Å²) >= 11 is 0. The average molecular weight is 308 g/mol. The lowest BCUT2D eigenvalue weighted by molar-refractivity contribution is 0.601. The van der Waals surface area contributed by atoms with E-state index in [2.05, 4.69) is 11.6 Å². The maximum atomic E-state index is 13.2. The van der Waals surface area contributed by atoms with Gasteiger partial charge in [-0.1, -0.05) is 25.5 Å². The first-order chi connectivity index (χ1) is 9.92. The first-order valence-electron chi connectivity index (χ1n) is 6.59. The minimum absolute atomic E-state index is 0.0348. The van der Waals surface area contributed by atoms with Crippen molar-refractivity contribution in [2.45, 2.75) is 24.7 Å². The average Bonchev–Trinajstić information content (AvgIpc) is 2.44. The molecule has 21 heavy (non-hydrogen) atoms. The third-order valence-electron chi connectivity index (χ3n) is 3.03. The van der Waals surface area contributed by atoms with Crippen molar-refractivity contribution in [3.63, 3.8) is 0 Å². The molecule has 6 heteroatoms. The van der Waals surface area contributed by atoms with E-state index >= 15 is 0 Å². The second-order valence-corrected chi connectivity index (χ2v) is 6.41. The van der Waals surface area contributed by atoms with Gasteiger partial charge in [0, 0.05) is 6.07 Å². The number of hydrogen-bond acceptors (Lipinski definition) is 3. The number of anilines is 2. The third kappa shape index (κ3) is 3.72. The smallest absolute Gasteiger partial charge is 0.261 e. The van der Waals surface area contributed by atoms with Gasteiger partial charge in [0.1, 0.15) is 5.82 Å². The number of aryl methyl sites for hydroxylation is 1. The lowest BCUT2D eigenvalue weighted by Crippen LogP contribution is -2.14. The number of sulfonamides is 1. The molecule has 4 nitrogen and oxygen atoms in total. The molecule has 0 atom stereocenters. The number of rotatable bonds is 5. The fourth-order valence-corrected chi connectivity index (χ4v) is 3.02. The Morgan fingerprint density at radius 3 is 2.43 bits per heavy atom. The zero-order valence-electron chi connectivity index (χ0n) is 11.6. The van der Waals surface area contributed by atoms with E-state index in [0.717, 1.165) is 24.5 Å². The van der Waals surface area contributed by atoms with E-state index in [-0.39, 0.29) is 16.3 Å². The number of nitrogens with two attached hydrogens (primary N) is 1. The summed E-state index contributed by atoms with van der Waals surface area (Å²) in [4.78, 5) is 0.117. The second kappa shape index (κ2) is 6.13. The van der Waals surface area contributed by atoms with Gasteiger partial charge >= 0.3 is 0 Å². The molecule has 0 aliphatic carbocycles. The van der Waals surface area contributed by atoms with Crippen molar-refractivity contribution in [2.24, 2.45) is 0 Å². The Kier molecular flexibility index (Phi) is 4.47. The molecule has 0 saturated carbocycles. The summed E-state index contributed by atoms with van der Waals surface area (Å²) in [5.41, 5.74) is 6.92. The minimum atomic E-state index is -3.78. The highest BCUT2D eigenvalue weighted by Gasteiger charge is 2.15. The van der Waals surface area contributed by atoms with Gasteiger partial charge in [-0.25, -0.2) is 12.8 Å². The maximum absolute atomic E-state index is 13.2. The molecule has 0 fully saturated rings. The molecule has 0 spiro atoms. The van der Waals surface area contributed by atoms with Gasteiger partial charge in [0.15, 0.2) is 0 Å². The van der Waals surface area contributed by atoms with Crippen LogP contribution in [0.5, 0.6) is 0 Å². The van der Waals surface area contributed by atoms with Gasteiger partial charge in [-0.15, -0.1) is 0 Å². The Bertz CT molecular complexity index is 728. The van der Waals surface area contributed by atoms with Gasteiger partial charge in [0.25, 0.3) is 10.0 Å². The van der Waals surface area contributed by atoms with E-state index in [9.17, 15) is 12.8 Å². The summed E-state index contributed by atoms with van der Waals surface area (Å²) in [6, 6.07) is 10.1. The van der Waals surface area contributed by atoms with Crippen LogP contribution in [0, 0.1) is 5.82 Å². The van der Waals surface area contributed by atoms with Crippen molar-refractivity contribution >= 4 is 21.4 Å². The number of nitrogen functional groups attached to an aromatic ring is 1. The SMILES string of the molecule is CCCc1ccc(S(=O)(=O)Nc2cc(F)ccc2N)cc1. The van der Waals surface area contributed by atoms with E-state index in [1.807, 2.05) is 0 Å². The molecule has 0 saturated heterocycles. The van der Waals surface area contributed by atoms with Gasteiger partial charge < -0.3 is 5.73 Å². The molecule has 0 heterocycles. The molecule has 2 aromatic carbocycles. The third-order valence-corrected chi connectivity index (χ3v) is 4.41. The Labute approximate surface area is 123 Å². The summed E-state index contributed by atoms with van der Waals surface area (Å²) in [6.07, 6.45) is 1.88. The van der Waals surface area contributed by atoms with Gasteiger partial charge in [-0.3, -0.25) is 4.72 Å². The van der Waals surface area contributed by atoms with Crippen molar-refractivity contribution in [1.82, 2.24) is 0 Å². The Morgan fingerprint density at radius 2 is 1.81 bits per heavy atom. The molecule has 3 N–H and O–H groups in total. The molecule has 0 bridgehead atoms. The zero-order valence-corrected chi connectivity index (χ0v) is 12.5. The molecule has 0 aromatic heterocycles. The first-order valence-corrected chi connectivity index (χ1v) is 8.07. The molecular weight excluding hydrogens is 291 g/mol. The quantitative estimate of drug-likeness (QED) is 0.833. The van der Waals surface area contributed by atoms with E-state index < -0.39 is 15.8 Å². The zero-order chi connectivity index (χ0) is 15.5. The molecule has 2 aromatic rings. The molecular formula is C15H17FN2O2S. The molecule has 112 valence electrons. The van der Waals surface area contributed by atoms with Crippen molar-refractivity contribution in [3.8, 4) is 0 Å². The van der Waals surface area contributed by atoms with Crippen molar-refractivity contribution in [1.29, 1.82) is 0 Å². The molecule has 0 radical (unpaired) electrons. The van der Waals surface area contributed by atoms with Crippen LogP contribution in [0.15, 0.2) is 47.4 Å². The van der Waals surface area contributed by atoms with Crippen LogP contribution >= 0.6 is 0 Å². The molecule has 0 aliphatic rings. The van der Waals surface area contributed by atoms with E-state index in [1.165, 1.54) is 24.3 Å². The van der Waals surface area contributed by atoms with Crippen LogP contribution in [0.2, 0.25) is 0 Å². The van der Waals surface area contributed by atoms with E-state index in [4.69, 9.17) is 5.73 Å². The molecule has 0 aliphatic heterocycles. The highest BCUT2D eigenvalue weighted by molar-refractivity contribution is 7.92. The normalized spacial score (nSPS) is 11.3. The summed E-state index contributed by atoms with van der Waals surface area (Å²) in [5, 5.41) is 0. The van der Waals surface area contributed by atoms with Crippen LogP contribution in [0.1, 0.15) is 18.9 Å². The first kappa shape index (κ1) is 15.3. The van der Waals surface area contributed by atoms with Crippen molar-refractivity contribution < 1.29 is 12.8 Å². The monoisotopic (exact) mass is 308 g/mol. The van der Waals surface area contributed by atoms with Crippen LogP contribution in [0.4, 0.5) is 15.8 Å². The Morgan fingerprint density at radius 1 is 1.14 bits per heavy atom. The Balaban J connectivity index is 2.27. The summed E-state index contributed by atoms with van der Waals surface area (Å²) in [5.74, 6) is -0.555. The highest BCUT2D eigenvalue weighted by Crippen LogP contribution is 2.23. The number of nitrogens with one attached hydrogen (secondary N) is 1. The van der Waals surface area contributed by atoms with Gasteiger partial charge in [0.05, 0.1) is 16.3 Å². The van der Waals surface area contributed by atoms with Gasteiger partial charge in [0.2, 0.25) is 0 Å². The van der Waals surface area contributed by atoms with Crippen LogP contribution in [-0.4, -0.2) is 8.42 Å². The lowest BCUT2D eigenvalue weighted by Gasteiger charge is -2.11. The fraction of sp³-hybridized carbons (Fsp3) is 0.200. The van der Waals surface area contributed by atoms with Crippen LogP contribution in [-0.2, 0) is 16.4 Å². The largest absolute Gasteiger partial charge is 0.397 e. The van der Waals surface area contributed by atoms with Crippen LogP contribution < -0.4 is 10.5 Å². The van der Waals surface area contributed by atoms with Crippen molar-refractivity contribution in [2.75, 3.05) is 10.5 Å². The Hall–Kier alpha value is -2.08. The van der Waals surface area contributed by atoms with Crippen molar-refractivity contribution in [3.05, 3.63) is 53.8 Å². The second-order valence-electron chi connectivity index (χ2n) is 4.73. The van der Waals surface area contributed by atoms with E-state index in [0.29, 0.717) is 0 Å². The highest BCUT2D eigenvalue weighted by atomic mass is 32.2. The van der Waals surface area contributed by atoms with Gasteiger partial charge in [-0.05, 0) is 36.2 Å². The molecule has 2 rings (SSSR count). The predicted octanol–water partition coefficient (Wildman–Crippen LogP) is 3.16. The number of benzene rings is 2. The molecule has 0 unspecified atom stereocenters. The summed E-state index contributed by atoms with van der Waals surface area (Å²) < 4.78 is 40.0. The number of hydrogen-bond donors (Lipinski definition) is 2. The summed E-state index contributed by atoms with van der Waals surface area (Å²) in [6.45, 7) is 2.05. The van der Waals surface area contributed by atoms with Crippen LogP contribution in [0.25, 0.3) is 0 Å².